The van der Waals surface area contributed by atoms with Gasteiger partial charge in [0.05, 0.1) is 18.0 Å². The number of aromatic nitrogens is 4. The molecule has 0 spiro atoms. The molecule has 0 bridgehead atoms. The summed E-state index contributed by atoms with van der Waals surface area (Å²) in [5, 5.41) is 12.6. The summed E-state index contributed by atoms with van der Waals surface area (Å²) in [5.41, 5.74) is 2.79. The zero-order valence-electron chi connectivity index (χ0n) is 14.1. The molecule has 4 rings (SSSR count). The van der Waals surface area contributed by atoms with Crippen LogP contribution in [0.5, 0.6) is 5.75 Å². The number of rotatable bonds is 4. The Hall–Kier alpha value is -2.70. The van der Waals surface area contributed by atoms with Gasteiger partial charge in [0.15, 0.2) is 0 Å². The highest BCUT2D eigenvalue weighted by molar-refractivity contribution is 5.68. The molecule has 0 saturated carbocycles. The summed E-state index contributed by atoms with van der Waals surface area (Å²) in [6.45, 7) is 4.48. The molecular weight excluding hydrogens is 321 g/mol. The molecule has 3 heterocycles. The van der Waals surface area contributed by atoms with Crippen LogP contribution in [0.25, 0.3) is 5.65 Å². The molecular formula is C18H20FN5O. The van der Waals surface area contributed by atoms with Gasteiger partial charge in [-0.2, -0.15) is 9.61 Å². The second-order valence-corrected chi connectivity index (χ2v) is 6.49. The molecule has 0 amide bonds. The normalized spacial score (nSPS) is 17.8. The number of anilines is 1. The maximum atomic E-state index is 13.0. The standard InChI is InChI=1S/C18H20FN5O/c1-13-9-17(18-21-20-12-24(18)22-13)23-8-2-3-14(10-23)11-25-16-6-4-15(19)5-7-16/h4-7,9,12,14H,2-3,8,10-11H2,1H3. The maximum absolute atomic E-state index is 13.0. The van der Waals surface area contributed by atoms with Gasteiger partial charge < -0.3 is 9.64 Å². The van der Waals surface area contributed by atoms with Crippen molar-refractivity contribution in [1.82, 2.24) is 19.8 Å². The summed E-state index contributed by atoms with van der Waals surface area (Å²) >= 11 is 0. The Kier molecular flexibility index (Phi) is 4.21. The van der Waals surface area contributed by atoms with E-state index in [-0.39, 0.29) is 5.82 Å². The van der Waals surface area contributed by atoms with Crippen molar-refractivity contribution in [3.8, 4) is 5.75 Å². The fourth-order valence-corrected chi connectivity index (χ4v) is 3.33. The second kappa shape index (κ2) is 6.66. The first-order chi connectivity index (χ1) is 12.2. The SMILES string of the molecule is Cc1cc(N2CCCC(COc3ccc(F)cc3)C2)c2nncn2n1. The van der Waals surface area contributed by atoms with Crippen LogP contribution in [0.2, 0.25) is 0 Å². The van der Waals surface area contributed by atoms with Crippen molar-refractivity contribution in [2.24, 2.45) is 5.92 Å². The minimum Gasteiger partial charge on any atom is -0.493 e. The summed E-state index contributed by atoms with van der Waals surface area (Å²) in [7, 11) is 0. The van der Waals surface area contributed by atoms with Crippen LogP contribution in [0.1, 0.15) is 18.5 Å². The van der Waals surface area contributed by atoms with Gasteiger partial charge >= 0.3 is 0 Å². The topological polar surface area (TPSA) is 55.5 Å². The van der Waals surface area contributed by atoms with Gasteiger partial charge in [0.2, 0.25) is 5.65 Å². The van der Waals surface area contributed by atoms with Crippen LogP contribution >= 0.6 is 0 Å². The van der Waals surface area contributed by atoms with Crippen LogP contribution in [-0.2, 0) is 0 Å². The average molecular weight is 341 g/mol. The van der Waals surface area contributed by atoms with Crippen LogP contribution < -0.4 is 9.64 Å². The first kappa shape index (κ1) is 15.8. The molecule has 1 aliphatic rings. The number of benzene rings is 1. The molecule has 1 aliphatic heterocycles. The zero-order valence-corrected chi connectivity index (χ0v) is 14.1. The van der Waals surface area contributed by atoms with Gasteiger partial charge in [0.1, 0.15) is 17.9 Å². The fraction of sp³-hybridized carbons (Fsp3) is 0.389. The number of piperidine rings is 1. The molecule has 2 aromatic heterocycles. The minimum atomic E-state index is -0.249. The number of aryl methyl sites for hydroxylation is 1. The van der Waals surface area contributed by atoms with Crippen LogP contribution in [0.4, 0.5) is 10.1 Å². The molecule has 0 N–H and O–H groups in total. The Morgan fingerprint density at radius 1 is 1.28 bits per heavy atom. The van der Waals surface area contributed by atoms with Crippen molar-refractivity contribution in [3.63, 3.8) is 0 Å². The third-order valence-corrected chi connectivity index (χ3v) is 4.53. The Morgan fingerprint density at radius 2 is 2.12 bits per heavy atom. The van der Waals surface area contributed by atoms with Gasteiger partial charge in [0, 0.05) is 19.0 Å². The van der Waals surface area contributed by atoms with Crippen molar-refractivity contribution in [2.75, 3.05) is 24.6 Å². The number of fused-ring (bicyclic) bond motifs is 1. The molecule has 1 saturated heterocycles. The van der Waals surface area contributed by atoms with Crippen LogP contribution in [0.3, 0.4) is 0 Å². The molecule has 25 heavy (non-hydrogen) atoms. The zero-order chi connectivity index (χ0) is 17.2. The Balaban J connectivity index is 1.47. The van der Waals surface area contributed by atoms with E-state index >= 15 is 0 Å². The number of hydrogen-bond acceptors (Lipinski definition) is 5. The number of halogens is 1. The molecule has 1 fully saturated rings. The Morgan fingerprint density at radius 3 is 2.96 bits per heavy atom. The van der Waals surface area contributed by atoms with Crippen LogP contribution in [0, 0.1) is 18.7 Å². The minimum absolute atomic E-state index is 0.249. The highest BCUT2D eigenvalue weighted by Crippen LogP contribution is 2.27. The lowest BCUT2D eigenvalue weighted by Gasteiger charge is -2.34. The van der Waals surface area contributed by atoms with Crippen LogP contribution in [0.15, 0.2) is 36.7 Å². The third-order valence-electron chi connectivity index (χ3n) is 4.53. The average Bonchev–Trinajstić information content (AvgIpc) is 3.09. The second-order valence-electron chi connectivity index (χ2n) is 6.49. The molecule has 7 heteroatoms. The lowest BCUT2D eigenvalue weighted by molar-refractivity contribution is 0.228. The Labute approximate surface area is 145 Å². The van der Waals surface area contributed by atoms with Gasteiger partial charge in [-0.25, -0.2) is 4.39 Å². The molecule has 0 radical (unpaired) electrons. The van der Waals surface area contributed by atoms with E-state index in [4.69, 9.17) is 4.74 Å². The van der Waals surface area contributed by atoms with Crippen molar-refractivity contribution >= 4 is 11.3 Å². The summed E-state index contributed by atoms with van der Waals surface area (Å²) in [4.78, 5) is 2.33. The van der Waals surface area contributed by atoms with E-state index in [1.54, 1.807) is 23.0 Å². The monoisotopic (exact) mass is 341 g/mol. The van der Waals surface area contributed by atoms with E-state index in [1.165, 1.54) is 12.1 Å². The van der Waals surface area contributed by atoms with Crippen molar-refractivity contribution in [2.45, 2.75) is 19.8 Å². The lowest BCUT2D eigenvalue weighted by atomic mass is 9.98. The molecule has 1 aromatic carbocycles. The van der Waals surface area contributed by atoms with Crippen LogP contribution in [-0.4, -0.2) is 39.5 Å². The first-order valence-electron chi connectivity index (χ1n) is 8.50. The Bertz CT molecular complexity index is 864. The van der Waals surface area contributed by atoms with Crippen molar-refractivity contribution < 1.29 is 9.13 Å². The summed E-state index contributed by atoms with van der Waals surface area (Å²) in [5.74, 6) is 0.870. The van der Waals surface area contributed by atoms with E-state index < -0.39 is 0 Å². The summed E-state index contributed by atoms with van der Waals surface area (Å²) in [6.07, 6.45) is 3.84. The molecule has 1 unspecified atom stereocenters. The van der Waals surface area contributed by atoms with Crippen molar-refractivity contribution in [3.05, 3.63) is 48.2 Å². The van der Waals surface area contributed by atoms with E-state index in [9.17, 15) is 4.39 Å². The smallest absolute Gasteiger partial charge is 0.200 e. The van der Waals surface area contributed by atoms with E-state index in [0.29, 0.717) is 18.3 Å². The van der Waals surface area contributed by atoms with Gasteiger partial charge in [0.25, 0.3) is 0 Å². The first-order valence-corrected chi connectivity index (χ1v) is 8.50. The molecule has 130 valence electrons. The highest BCUT2D eigenvalue weighted by Gasteiger charge is 2.23. The van der Waals surface area contributed by atoms with E-state index in [2.05, 4.69) is 26.3 Å². The highest BCUT2D eigenvalue weighted by atomic mass is 19.1. The molecule has 1 atom stereocenters. The quantitative estimate of drug-likeness (QED) is 0.730. The number of nitrogens with zero attached hydrogens (tertiary/aromatic N) is 5. The van der Waals surface area contributed by atoms with Gasteiger partial charge in [-0.3, -0.25) is 0 Å². The van der Waals surface area contributed by atoms with E-state index in [0.717, 1.165) is 43.0 Å². The predicted molar refractivity (Wildman–Crippen MR) is 92.4 cm³/mol. The third kappa shape index (κ3) is 3.40. The van der Waals surface area contributed by atoms with E-state index in [1.807, 2.05) is 6.92 Å². The van der Waals surface area contributed by atoms with Gasteiger partial charge in [-0.15, -0.1) is 10.2 Å². The molecule has 6 nitrogen and oxygen atoms in total. The number of hydrogen-bond donors (Lipinski definition) is 0. The number of ether oxygens (including phenoxy) is 1. The van der Waals surface area contributed by atoms with Crippen molar-refractivity contribution in [1.29, 1.82) is 0 Å². The lowest BCUT2D eigenvalue weighted by Crippen LogP contribution is -2.38. The summed E-state index contributed by atoms with van der Waals surface area (Å²) in [6, 6.07) is 8.24. The molecule has 0 aliphatic carbocycles. The predicted octanol–water partition coefficient (Wildman–Crippen LogP) is 2.87. The molecule has 3 aromatic rings. The maximum Gasteiger partial charge on any atom is 0.200 e. The summed E-state index contributed by atoms with van der Waals surface area (Å²) < 4.78 is 20.5. The fourth-order valence-electron chi connectivity index (χ4n) is 3.33. The van der Waals surface area contributed by atoms with Gasteiger partial charge in [-0.1, -0.05) is 0 Å². The van der Waals surface area contributed by atoms with Gasteiger partial charge in [-0.05, 0) is 50.1 Å². The largest absolute Gasteiger partial charge is 0.493 e.